The van der Waals surface area contributed by atoms with Crippen molar-refractivity contribution < 1.29 is 4.79 Å². The zero-order valence-corrected chi connectivity index (χ0v) is 13.5. The van der Waals surface area contributed by atoms with Gasteiger partial charge < -0.3 is 5.32 Å². The lowest BCUT2D eigenvalue weighted by Crippen LogP contribution is -2.39. The van der Waals surface area contributed by atoms with Gasteiger partial charge in [0.15, 0.2) is 0 Å². The van der Waals surface area contributed by atoms with E-state index in [0.29, 0.717) is 16.6 Å². The van der Waals surface area contributed by atoms with E-state index in [2.05, 4.69) is 5.32 Å². The first-order valence-corrected chi connectivity index (χ1v) is 7.44. The number of carbonyl (C=O) groups is 1. The molecule has 0 unspecified atom stereocenters. The van der Waals surface area contributed by atoms with Crippen molar-refractivity contribution in [1.82, 2.24) is 5.32 Å². The highest BCUT2D eigenvalue weighted by Gasteiger charge is 2.29. The molecule has 21 heavy (non-hydrogen) atoms. The molecule has 1 amide bonds. The molecule has 0 radical (unpaired) electrons. The van der Waals surface area contributed by atoms with E-state index in [9.17, 15) is 4.79 Å². The highest BCUT2D eigenvalue weighted by Crippen LogP contribution is 2.25. The largest absolute Gasteiger partial charge is 0.351 e. The molecule has 0 atom stereocenters. The van der Waals surface area contributed by atoms with Crippen LogP contribution in [0.2, 0.25) is 10.0 Å². The molecule has 2 aromatic rings. The van der Waals surface area contributed by atoms with E-state index in [1.165, 1.54) is 0 Å². The fraction of sp³-hybridized carbons (Fsp3) is 0.235. The molecule has 0 aliphatic carbocycles. The third-order valence-electron chi connectivity index (χ3n) is 3.50. The molecule has 0 spiro atoms. The van der Waals surface area contributed by atoms with Crippen LogP contribution in [0.1, 0.15) is 25.0 Å². The molecule has 0 saturated carbocycles. The Kier molecular flexibility index (Phi) is 4.92. The minimum atomic E-state index is -0.614. The minimum absolute atomic E-state index is 0.0280. The molecule has 0 fully saturated rings. The molecule has 2 nitrogen and oxygen atoms in total. The molecule has 0 aliphatic heterocycles. The topological polar surface area (TPSA) is 29.1 Å². The summed E-state index contributed by atoms with van der Waals surface area (Å²) >= 11 is 11.7. The van der Waals surface area contributed by atoms with Crippen molar-refractivity contribution in [2.45, 2.75) is 25.8 Å². The van der Waals surface area contributed by atoms with Crippen LogP contribution in [0.25, 0.3) is 0 Å². The zero-order chi connectivity index (χ0) is 15.5. The summed E-state index contributed by atoms with van der Waals surface area (Å²) in [6.45, 7) is 4.27. The SMILES string of the molecule is CC(C)(C(=O)NCc1ccc(Cl)cc1)c1ccc(Cl)cc1. The first-order chi connectivity index (χ1) is 9.89. The van der Waals surface area contributed by atoms with Crippen molar-refractivity contribution >= 4 is 29.1 Å². The molecule has 110 valence electrons. The summed E-state index contributed by atoms with van der Waals surface area (Å²) in [7, 11) is 0. The van der Waals surface area contributed by atoms with Gasteiger partial charge in [-0.15, -0.1) is 0 Å². The van der Waals surface area contributed by atoms with Gasteiger partial charge in [-0.1, -0.05) is 47.5 Å². The van der Waals surface area contributed by atoms with E-state index < -0.39 is 5.41 Å². The summed E-state index contributed by atoms with van der Waals surface area (Å²) < 4.78 is 0. The summed E-state index contributed by atoms with van der Waals surface area (Å²) in [6.07, 6.45) is 0. The minimum Gasteiger partial charge on any atom is -0.351 e. The Hall–Kier alpha value is -1.51. The van der Waals surface area contributed by atoms with Gasteiger partial charge in [-0.2, -0.15) is 0 Å². The van der Waals surface area contributed by atoms with Crippen LogP contribution in [0, 0.1) is 0 Å². The normalized spacial score (nSPS) is 11.2. The van der Waals surface area contributed by atoms with Crippen LogP contribution in [-0.4, -0.2) is 5.91 Å². The van der Waals surface area contributed by atoms with Crippen molar-refractivity contribution in [2.75, 3.05) is 0 Å². The van der Waals surface area contributed by atoms with E-state index in [1.54, 1.807) is 12.1 Å². The second-order valence-electron chi connectivity index (χ2n) is 5.44. The molecule has 2 aromatic carbocycles. The monoisotopic (exact) mass is 321 g/mol. The average Bonchev–Trinajstić information content (AvgIpc) is 2.46. The van der Waals surface area contributed by atoms with Crippen molar-refractivity contribution in [3.63, 3.8) is 0 Å². The van der Waals surface area contributed by atoms with Gasteiger partial charge in [0.1, 0.15) is 0 Å². The maximum absolute atomic E-state index is 12.4. The summed E-state index contributed by atoms with van der Waals surface area (Å²) in [5, 5.41) is 4.31. The number of hydrogen-bond acceptors (Lipinski definition) is 1. The van der Waals surface area contributed by atoms with Gasteiger partial charge in [-0.05, 0) is 49.2 Å². The fourth-order valence-corrected chi connectivity index (χ4v) is 2.26. The van der Waals surface area contributed by atoms with Gasteiger partial charge in [0.25, 0.3) is 0 Å². The lowest BCUT2D eigenvalue weighted by Gasteiger charge is -2.24. The number of amides is 1. The number of halogens is 2. The second-order valence-corrected chi connectivity index (χ2v) is 6.31. The van der Waals surface area contributed by atoms with Crippen LogP contribution in [-0.2, 0) is 16.8 Å². The van der Waals surface area contributed by atoms with Gasteiger partial charge >= 0.3 is 0 Å². The quantitative estimate of drug-likeness (QED) is 0.876. The number of rotatable bonds is 4. The van der Waals surface area contributed by atoms with Crippen molar-refractivity contribution in [1.29, 1.82) is 0 Å². The smallest absolute Gasteiger partial charge is 0.230 e. The first kappa shape index (κ1) is 15.9. The highest BCUT2D eigenvalue weighted by molar-refractivity contribution is 6.30. The van der Waals surface area contributed by atoms with Gasteiger partial charge in [-0.25, -0.2) is 0 Å². The lowest BCUT2D eigenvalue weighted by molar-refractivity contribution is -0.125. The zero-order valence-electron chi connectivity index (χ0n) is 12.0. The van der Waals surface area contributed by atoms with Gasteiger partial charge in [0, 0.05) is 16.6 Å². The van der Waals surface area contributed by atoms with Crippen LogP contribution in [0.3, 0.4) is 0 Å². The molecule has 2 rings (SSSR count). The standard InChI is InChI=1S/C17H17Cl2NO/c1-17(2,13-5-9-15(19)10-6-13)16(21)20-11-12-3-7-14(18)8-4-12/h3-10H,11H2,1-2H3,(H,20,21). The van der Waals surface area contributed by atoms with E-state index in [0.717, 1.165) is 11.1 Å². The summed E-state index contributed by atoms with van der Waals surface area (Å²) in [4.78, 5) is 12.4. The molecule has 0 aliphatic rings. The molecule has 0 saturated heterocycles. The molecule has 0 heterocycles. The predicted molar refractivity (Wildman–Crippen MR) is 87.8 cm³/mol. The summed E-state index contributed by atoms with van der Waals surface area (Å²) in [6, 6.07) is 14.8. The van der Waals surface area contributed by atoms with Crippen LogP contribution in [0.5, 0.6) is 0 Å². The van der Waals surface area contributed by atoms with Crippen LogP contribution >= 0.6 is 23.2 Å². The Bertz CT molecular complexity index is 618. The maximum atomic E-state index is 12.4. The molecular weight excluding hydrogens is 305 g/mol. The fourth-order valence-electron chi connectivity index (χ4n) is 2.00. The average molecular weight is 322 g/mol. The number of hydrogen-bond donors (Lipinski definition) is 1. The van der Waals surface area contributed by atoms with Gasteiger partial charge in [0.05, 0.1) is 5.41 Å². The lowest BCUT2D eigenvalue weighted by atomic mass is 9.83. The van der Waals surface area contributed by atoms with Gasteiger partial charge in [0.2, 0.25) is 5.91 Å². The van der Waals surface area contributed by atoms with Gasteiger partial charge in [-0.3, -0.25) is 4.79 Å². The highest BCUT2D eigenvalue weighted by atomic mass is 35.5. The number of nitrogens with one attached hydrogen (secondary N) is 1. The summed E-state index contributed by atoms with van der Waals surface area (Å²) in [5.41, 5.74) is 1.33. The van der Waals surface area contributed by atoms with E-state index in [1.807, 2.05) is 50.2 Å². The molecule has 0 aromatic heterocycles. The Morgan fingerprint density at radius 2 is 1.43 bits per heavy atom. The third kappa shape index (κ3) is 3.99. The van der Waals surface area contributed by atoms with Crippen molar-refractivity contribution in [3.8, 4) is 0 Å². The molecule has 0 bridgehead atoms. The van der Waals surface area contributed by atoms with Crippen LogP contribution in [0.15, 0.2) is 48.5 Å². The second kappa shape index (κ2) is 6.50. The first-order valence-electron chi connectivity index (χ1n) is 6.68. The van der Waals surface area contributed by atoms with E-state index in [4.69, 9.17) is 23.2 Å². The Morgan fingerprint density at radius 1 is 0.952 bits per heavy atom. The van der Waals surface area contributed by atoms with Crippen LogP contribution in [0.4, 0.5) is 0 Å². The summed E-state index contributed by atoms with van der Waals surface area (Å²) in [5.74, 6) is -0.0280. The maximum Gasteiger partial charge on any atom is 0.230 e. The van der Waals surface area contributed by atoms with Crippen molar-refractivity contribution in [2.24, 2.45) is 0 Å². The Labute approximate surface area is 135 Å². The number of carbonyl (C=O) groups excluding carboxylic acids is 1. The number of benzene rings is 2. The molecule has 1 N–H and O–H groups in total. The van der Waals surface area contributed by atoms with Crippen molar-refractivity contribution in [3.05, 3.63) is 69.7 Å². The van der Waals surface area contributed by atoms with E-state index in [-0.39, 0.29) is 5.91 Å². The van der Waals surface area contributed by atoms with Crippen LogP contribution < -0.4 is 5.32 Å². The predicted octanol–water partition coefficient (Wildman–Crippen LogP) is 4.59. The van der Waals surface area contributed by atoms with E-state index >= 15 is 0 Å². The molecule has 4 heteroatoms. The third-order valence-corrected chi connectivity index (χ3v) is 4.00. The molecular formula is C17H17Cl2NO. The Balaban J connectivity index is 2.04. The Morgan fingerprint density at radius 3 is 1.95 bits per heavy atom.